The first-order valence-corrected chi connectivity index (χ1v) is 10.2. The number of methoxy groups -OCH3 is 1. The van der Waals surface area contributed by atoms with Gasteiger partial charge in [-0.05, 0) is 36.6 Å². The minimum atomic E-state index is -0.143. The molecular weight excluding hydrogens is 396 g/mol. The molecule has 30 heavy (non-hydrogen) atoms. The van der Waals surface area contributed by atoms with E-state index in [9.17, 15) is 4.79 Å². The summed E-state index contributed by atoms with van der Waals surface area (Å²) in [5, 5.41) is 5.86. The van der Waals surface area contributed by atoms with Crippen molar-refractivity contribution < 1.29 is 4.74 Å². The number of aromatic amines is 1. The third-order valence-corrected chi connectivity index (χ3v) is 5.94. The molecular formula is C23H18N4O2S. The van der Waals surface area contributed by atoms with Gasteiger partial charge in [-0.2, -0.15) is 0 Å². The van der Waals surface area contributed by atoms with E-state index >= 15 is 0 Å². The van der Waals surface area contributed by atoms with Gasteiger partial charge in [0.25, 0.3) is 5.56 Å². The Bertz CT molecular complexity index is 1470. The number of rotatable bonds is 4. The van der Waals surface area contributed by atoms with E-state index in [4.69, 9.17) is 4.74 Å². The van der Waals surface area contributed by atoms with Crippen molar-refractivity contribution in [1.82, 2.24) is 14.8 Å². The van der Waals surface area contributed by atoms with Crippen molar-refractivity contribution in [3.8, 4) is 11.4 Å². The van der Waals surface area contributed by atoms with Crippen molar-refractivity contribution in [1.29, 1.82) is 0 Å². The van der Waals surface area contributed by atoms with Crippen LogP contribution >= 0.6 is 11.3 Å². The standard InChI is InChI=1S/C23H18N4O2S/c1-14-18(13-24-23-25-19-11-10-16(29-2)12-21(19)30-23)22(28)27(26-14)20-9-5-7-15-6-3-4-8-17(15)20/h3-13,26H,1-2H3. The fourth-order valence-corrected chi connectivity index (χ4v) is 4.32. The number of ether oxygens (including phenoxy) is 1. The van der Waals surface area contributed by atoms with Crippen molar-refractivity contribution in [2.45, 2.75) is 6.92 Å². The second-order valence-electron chi connectivity index (χ2n) is 6.88. The Kier molecular flexibility index (Phi) is 4.44. The van der Waals surface area contributed by atoms with Crippen LogP contribution in [0.25, 0.3) is 26.7 Å². The predicted octanol–water partition coefficient (Wildman–Crippen LogP) is 5.00. The van der Waals surface area contributed by atoms with E-state index < -0.39 is 0 Å². The van der Waals surface area contributed by atoms with Gasteiger partial charge in [-0.1, -0.05) is 47.7 Å². The molecule has 0 aliphatic carbocycles. The lowest BCUT2D eigenvalue weighted by Gasteiger charge is -2.06. The van der Waals surface area contributed by atoms with Crippen LogP contribution in [0.1, 0.15) is 11.3 Å². The maximum absolute atomic E-state index is 13.1. The number of hydrogen-bond acceptors (Lipinski definition) is 5. The summed E-state index contributed by atoms with van der Waals surface area (Å²) in [4.78, 5) is 22.1. The van der Waals surface area contributed by atoms with Crippen LogP contribution in [0.3, 0.4) is 0 Å². The topological polar surface area (TPSA) is 72.3 Å². The summed E-state index contributed by atoms with van der Waals surface area (Å²) in [6.45, 7) is 1.87. The Balaban J connectivity index is 1.55. The van der Waals surface area contributed by atoms with E-state index in [0.29, 0.717) is 10.7 Å². The van der Waals surface area contributed by atoms with Gasteiger partial charge in [0.05, 0.1) is 28.6 Å². The third kappa shape index (κ3) is 3.09. The van der Waals surface area contributed by atoms with Gasteiger partial charge in [0.2, 0.25) is 5.13 Å². The minimum Gasteiger partial charge on any atom is -0.497 e. The molecule has 0 saturated heterocycles. The van der Waals surface area contributed by atoms with Crippen LogP contribution in [0.2, 0.25) is 0 Å². The first kappa shape index (κ1) is 18.3. The number of hydrogen-bond donors (Lipinski definition) is 1. The smallest absolute Gasteiger partial charge is 0.280 e. The Labute approximate surface area is 176 Å². The zero-order valence-electron chi connectivity index (χ0n) is 16.4. The second kappa shape index (κ2) is 7.27. The van der Waals surface area contributed by atoms with Gasteiger partial charge >= 0.3 is 0 Å². The number of H-pyrrole nitrogens is 1. The molecule has 6 nitrogen and oxygen atoms in total. The lowest BCUT2D eigenvalue weighted by atomic mass is 10.1. The highest BCUT2D eigenvalue weighted by Gasteiger charge is 2.13. The van der Waals surface area contributed by atoms with Crippen molar-refractivity contribution in [3.63, 3.8) is 0 Å². The molecule has 2 heterocycles. The fraction of sp³-hybridized carbons (Fsp3) is 0.0870. The Hall–Kier alpha value is -3.71. The lowest BCUT2D eigenvalue weighted by molar-refractivity contribution is 0.415. The first-order chi connectivity index (χ1) is 14.6. The Morgan fingerprint density at radius 3 is 2.83 bits per heavy atom. The lowest BCUT2D eigenvalue weighted by Crippen LogP contribution is -2.17. The number of benzene rings is 3. The monoisotopic (exact) mass is 414 g/mol. The van der Waals surface area contributed by atoms with E-state index in [1.807, 2.05) is 67.6 Å². The zero-order valence-corrected chi connectivity index (χ0v) is 17.2. The van der Waals surface area contributed by atoms with Gasteiger partial charge in [-0.3, -0.25) is 9.89 Å². The molecule has 0 atom stereocenters. The van der Waals surface area contributed by atoms with E-state index in [1.165, 1.54) is 11.3 Å². The molecule has 3 aromatic carbocycles. The third-order valence-electron chi connectivity index (χ3n) is 5.01. The Morgan fingerprint density at radius 2 is 1.97 bits per heavy atom. The highest BCUT2D eigenvalue weighted by atomic mass is 32.1. The molecule has 0 fully saturated rings. The number of thiazole rings is 1. The van der Waals surface area contributed by atoms with Crippen LogP contribution in [0.5, 0.6) is 5.75 Å². The number of nitrogens with one attached hydrogen (secondary N) is 1. The molecule has 0 spiro atoms. The van der Waals surface area contributed by atoms with Crippen LogP contribution in [-0.4, -0.2) is 28.1 Å². The SMILES string of the molecule is COc1ccc2nc(N=Cc3c(C)[nH]n(-c4cccc5ccccc45)c3=O)sc2c1. The van der Waals surface area contributed by atoms with Crippen LogP contribution < -0.4 is 10.3 Å². The summed E-state index contributed by atoms with van der Waals surface area (Å²) in [5.74, 6) is 0.779. The van der Waals surface area contributed by atoms with Crippen molar-refractivity contribution in [2.75, 3.05) is 7.11 Å². The van der Waals surface area contributed by atoms with E-state index in [2.05, 4.69) is 15.1 Å². The summed E-state index contributed by atoms with van der Waals surface area (Å²) >= 11 is 1.45. The fourth-order valence-electron chi connectivity index (χ4n) is 3.48. The van der Waals surface area contributed by atoms with Gasteiger partial charge < -0.3 is 4.74 Å². The number of aryl methyl sites for hydroxylation is 1. The quantitative estimate of drug-likeness (QED) is 0.421. The highest BCUT2D eigenvalue weighted by Crippen LogP contribution is 2.30. The molecule has 2 aromatic heterocycles. The minimum absolute atomic E-state index is 0.143. The predicted molar refractivity (Wildman–Crippen MR) is 122 cm³/mol. The summed E-state index contributed by atoms with van der Waals surface area (Å²) in [6.07, 6.45) is 1.59. The summed E-state index contributed by atoms with van der Waals surface area (Å²) < 4.78 is 7.82. The van der Waals surface area contributed by atoms with E-state index in [-0.39, 0.29) is 5.56 Å². The second-order valence-corrected chi connectivity index (χ2v) is 7.89. The molecule has 5 rings (SSSR count). The normalized spacial score (nSPS) is 11.7. The maximum Gasteiger partial charge on any atom is 0.280 e. The summed E-state index contributed by atoms with van der Waals surface area (Å²) in [6, 6.07) is 19.6. The van der Waals surface area contributed by atoms with Gasteiger partial charge in [0.1, 0.15) is 5.75 Å². The number of aliphatic imine (C=N–C) groups is 1. The van der Waals surface area contributed by atoms with Gasteiger partial charge in [0.15, 0.2) is 0 Å². The number of nitrogens with zero attached hydrogens (tertiary/aromatic N) is 3. The maximum atomic E-state index is 13.1. The van der Waals surface area contributed by atoms with Crippen LogP contribution in [0, 0.1) is 6.92 Å². The molecule has 0 aliphatic heterocycles. The molecule has 0 saturated carbocycles. The van der Waals surface area contributed by atoms with Crippen molar-refractivity contribution >= 4 is 43.7 Å². The van der Waals surface area contributed by atoms with E-state index in [0.717, 1.165) is 38.1 Å². The molecule has 1 N–H and O–H groups in total. The first-order valence-electron chi connectivity index (χ1n) is 9.42. The van der Waals surface area contributed by atoms with Crippen molar-refractivity contribution in [3.05, 3.63) is 82.3 Å². The number of aromatic nitrogens is 3. The van der Waals surface area contributed by atoms with Crippen molar-refractivity contribution in [2.24, 2.45) is 4.99 Å². The summed E-state index contributed by atoms with van der Waals surface area (Å²) in [7, 11) is 1.64. The number of fused-ring (bicyclic) bond motifs is 2. The molecule has 148 valence electrons. The molecule has 0 amide bonds. The van der Waals surface area contributed by atoms with Crippen LogP contribution in [-0.2, 0) is 0 Å². The zero-order chi connectivity index (χ0) is 20.7. The van der Waals surface area contributed by atoms with E-state index in [1.54, 1.807) is 18.0 Å². The van der Waals surface area contributed by atoms with Crippen LogP contribution in [0.4, 0.5) is 5.13 Å². The van der Waals surface area contributed by atoms with Crippen LogP contribution in [0.15, 0.2) is 70.5 Å². The molecule has 0 bridgehead atoms. The summed E-state index contributed by atoms with van der Waals surface area (Å²) in [5.41, 5.74) is 2.79. The molecule has 0 aliphatic rings. The van der Waals surface area contributed by atoms with Gasteiger partial charge in [0, 0.05) is 17.3 Å². The average molecular weight is 414 g/mol. The molecule has 0 unspecified atom stereocenters. The van der Waals surface area contributed by atoms with Gasteiger partial charge in [-0.25, -0.2) is 14.7 Å². The molecule has 7 heteroatoms. The molecule has 5 aromatic rings. The highest BCUT2D eigenvalue weighted by molar-refractivity contribution is 7.22. The van der Waals surface area contributed by atoms with Gasteiger partial charge in [-0.15, -0.1) is 0 Å². The molecule has 0 radical (unpaired) electrons. The average Bonchev–Trinajstić information content (AvgIpc) is 3.31. The largest absolute Gasteiger partial charge is 0.497 e. The Morgan fingerprint density at radius 1 is 1.13 bits per heavy atom.